The Balaban J connectivity index is 1.57. The van der Waals surface area contributed by atoms with Gasteiger partial charge in [-0.05, 0) is 37.5 Å². The van der Waals surface area contributed by atoms with Crippen molar-refractivity contribution in [1.82, 2.24) is 9.80 Å². The van der Waals surface area contributed by atoms with Crippen LogP contribution in [-0.4, -0.2) is 53.8 Å². The molecular formula is C16H25N3O. The van der Waals surface area contributed by atoms with E-state index in [0.717, 1.165) is 31.1 Å². The van der Waals surface area contributed by atoms with E-state index in [2.05, 4.69) is 11.8 Å². The monoisotopic (exact) mass is 275 g/mol. The summed E-state index contributed by atoms with van der Waals surface area (Å²) in [7, 11) is 1.91. The van der Waals surface area contributed by atoms with Crippen molar-refractivity contribution in [3.63, 3.8) is 0 Å². The van der Waals surface area contributed by atoms with E-state index < -0.39 is 0 Å². The molecule has 20 heavy (non-hydrogen) atoms. The van der Waals surface area contributed by atoms with Crippen LogP contribution in [0.3, 0.4) is 0 Å². The highest BCUT2D eigenvalue weighted by Crippen LogP contribution is 2.50. The lowest BCUT2D eigenvalue weighted by molar-refractivity contribution is -0.131. The summed E-state index contributed by atoms with van der Waals surface area (Å²) >= 11 is 0. The lowest BCUT2D eigenvalue weighted by Gasteiger charge is -2.27. The van der Waals surface area contributed by atoms with Crippen LogP contribution in [0.25, 0.3) is 0 Å². The molecule has 0 N–H and O–H groups in total. The lowest BCUT2D eigenvalue weighted by Crippen LogP contribution is -2.45. The second-order valence-corrected chi connectivity index (χ2v) is 7.24. The summed E-state index contributed by atoms with van der Waals surface area (Å²) in [4.78, 5) is 22.2. The molecule has 110 valence electrons. The van der Waals surface area contributed by atoms with Gasteiger partial charge in [0.05, 0.1) is 0 Å². The zero-order chi connectivity index (χ0) is 13.9. The van der Waals surface area contributed by atoms with Crippen LogP contribution in [0.5, 0.6) is 0 Å². The SMILES string of the molecule is CCC1=N[C@]2(CC[C@H]3CN(CC4CC4)C[C@H]32)C(=O)N1C. The Bertz CT molecular complexity index is 470. The fourth-order valence-corrected chi connectivity index (χ4v) is 4.68. The minimum atomic E-state index is -0.386. The van der Waals surface area contributed by atoms with Gasteiger partial charge in [0.25, 0.3) is 5.91 Å². The average molecular weight is 275 g/mol. The number of hydrogen-bond acceptors (Lipinski definition) is 3. The van der Waals surface area contributed by atoms with E-state index in [9.17, 15) is 4.79 Å². The first-order chi connectivity index (χ1) is 9.64. The van der Waals surface area contributed by atoms with Crippen LogP contribution >= 0.6 is 0 Å². The van der Waals surface area contributed by atoms with Crippen molar-refractivity contribution >= 4 is 11.7 Å². The minimum absolute atomic E-state index is 0.273. The number of carbonyl (C=O) groups is 1. The van der Waals surface area contributed by atoms with Gasteiger partial charge in [-0.15, -0.1) is 0 Å². The molecule has 2 aliphatic heterocycles. The van der Waals surface area contributed by atoms with Gasteiger partial charge in [0, 0.05) is 39.0 Å². The largest absolute Gasteiger partial charge is 0.302 e. The molecule has 0 aromatic heterocycles. The molecule has 0 aromatic carbocycles. The molecule has 4 aliphatic rings. The first kappa shape index (κ1) is 12.8. The Labute approximate surface area is 121 Å². The van der Waals surface area contributed by atoms with Gasteiger partial charge >= 0.3 is 0 Å². The van der Waals surface area contributed by atoms with E-state index in [4.69, 9.17) is 4.99 Å². The summed E-state index contributed by atoms with van der Waals surface area (Å²) < 4.78 is 0. The highest BCUT2D eigenvalue weighted by Gasteiger charge is 2.60. The van der Waals surface area contributed by atoms with Crippen molar-refractivity contribution in [2.45, 2.75) is 44.6 Å². The molecular weight excluding hydrogens is 250 g/mol. The summed E-state index contributed by atoms with van der Waals surface area (Å²) in [5.41, 5.74) is -0.386. The van der Waals surface area contributed by atoms with Gasteiger partial charge in [0.1, 0.15) is 11.4 Å². The van der Waals surface area contributed by atoms with Crippen molar-refractivity contribution in [3.05, 3.63) is 0 Å². The molecule has 4 rings (SSSR count). The smallest absolute Gasteiger partial charge is 0.255 e. The van der Waals surface area contributed by atoms with E-state index >= 15 is 0 Å². The third-order valence-corrected chi connectivity index (χ3v) is 5.95. The molecule has 4 nitrogen and oxygen atoms in total. The van der Waals surface area contributed by atoms with Crippen LogP contribution in [-0.2, 0) is 4.79 Å². The Kier molecular flexibility index (Phi) is 2.75. The predicted molar refractivity (Wildman–Crippen MR) is 78.6 cm³/mol. The van der Waals surface area contributed by atoms with Gasteiger partial charge < -0.3 is 9.80 Å². The molecule has 0 unspecified atom stereocenters. The molecule has 0 bridgehead atoms. The number of likely N-dealkylation sites (N-methyl/N-ethyl adjacent to an activating group) is 1. The third kappa shape index (κ3) is 1.70. The maximum atomic E-state index is 12.8. The highest BCUT2D eigenvalue weighted by molar-refractivity contribution is 6.08. The van der Waals surface area contributed by atoms with Crippen LogP contribution in [0.2, 0.25) is 0 Å². The molecule has 1 amide bonds. The highest BCUT2D eigenvalue weighted by atomic mass is 16.2. The van der Waals surface area contributed by atoms with Gasteiger partial charge in [-0.25, -0.2) is 0 Å². The van der Waals surface area contributed by atoms with E-state index in [1.807, 2.05) is 11.9 Å². The zero-order valence-corrected chi connectivity index (χ0v) is 12.6. The number of amides is 1. The third-order valence-electron chi connectivity index (χ3n) is 5.95. The number of rotatable bonds is 3. The maximum absolute atomic E-state index is 12.8. The van der Waals surface area contributed by atoms with E-state index in [1.54, 1.807) is 0 Å². The van der Waals surface area contributed by atoms with Gasteiger partial charge in [-0.3, -0.25) is 9.79 Å². The topological polar surface area (TPSA) is 35.9 Å². The van der Waals surface area contributed by atoms with Crippen molar-refractivity contribution in [3.8, 4) is 0 Å². The first-order valence-electron chi connectivity index (χ1n) is 8.23. The molecule has 2 aliphatic carbocycles. The molecule has 2 heterocycles. The average Bonchev–Trinajstić information content (AvgIpc) is 2.98. The van der Waals surface area contributed by atoms with E-state index in [0.29, 0.717) is 11.8 Å². The van der Waals surface area contributed by atoms with Gasteiger partial charge in [-0.1, -0.05) is 6.92 Å². The molecule has 1 spiro atoms. The molecule has 0 radical (unpaired) electrons. The molecule has 4 heteroatoms. The fraction of sp³-hybridized carbons (Fsp3) is 0.875. The minimum Gasteiger partial charge on any atom is -0.302 e. The Morgan fingerprint density at radius 2 is 2.10 bits per heavy atom. The number of likely N-dealkylation sites (tertiary alicyclic amines) is 1. The van der Waals surface area contributed by atoms with Gasteiger partial charge in [0.15, 0.2) is 0 Å². The fourth-order valence-electron chi connectivity index (χ4n) is 4.68. The maximum Gasteiger partial charge on any atom is 0.255 e. The lowest BCUT2D eigenvalue weighted by atomic mass is 9.85. The quantitative estimate of drug-likeness (QED) is 0.787. The van der Waals surface area contributed by atoms with E-state index in [-0.39, 0.29) is 11.4 Å². The molecule has 2 saturated carbocycles. The van der Waals surface area contributed by atoms with Crippen LogP contribution < -0.4 is 0 Å². The van der Waals surface area contributed by atoms with Crippen LogP contribution in [0.4, 0.5) is 0 Å². The number of hydrogen-bond donors (Lipinski definition) is 0. The Morgan fingerprint density at radius 3 is 2.75 bits per heavy atom. The number of nitrogens with zero attached hydrogens (tertiary/aromatic N) is 3. The van der Waals surface area contributed by atoms with Crippen LogP contribution in [0.15, 0.2) is 4.99 Å². The second kappa shape index (κ2) is 4.30. The molecule has 1 saturated heterocycles. The van der Waals surface area contributed by atoms with Crippen LogP contribution in [0.1, 0.15) is 39.0 Å². The Hall–Kier alpha value is -0.900. The summed E-state index contributed by atoms with van der Waals surface area (Å²) in [6.45, 7) is 5.66. The van der Waals surface area contributed by atoms with Crippen molar-refractivity contribution in [2.75, 3.05) is 26.7 Å². The van der Waals surface area contributed by atoms with Crippen LogP contribution in [0, 0.1) is 17.8 Å². The standard InChI is InChI=1S/C16H25N3O/c1-3-14-17-16(15(20)18(14)2)7-6-12-9-19(10-13(12)16)8-11-4-5-11/h11-13H,3-10H2,1-2H3/t12-,13+,16-/m0/s1. The number of carbonyl (C=O) groups excluding carboxylic acids is 1. The summed E-state index contributed by atoms with van der Waals surface area (Å²) in [5, 5.41) is 0. The molecule has 3 atom stereocenters. The van der Waals surface area contributed by atoms with E-state index in [1.165, 1.54) is 32.4 Å². The first-order valence-corrected chi connectivity index (χ1v) is 8.23. The van der Waals surface area contributed by atoms with Crippen molar-refractivity contribution in [2.24, 2.45) is 22.7 Å². The number of fused-ring (bicyclic) bond motifs is 2. The number of aliphatic imine (C=N–C) groups is 1. The van der Waals surface area contributed by atoms with Gasteiger partial charge in [0.2, 0.25) is 0 Å². The second-order valence-electron chi connectivity index (χ2n) is 7.24. The van der Waals surface area contributed by atoms with Crippen molar-refractivity contribution < 1.29 is 4.79 Å². The zero-order valence-electron chi connectivity index (χ0n) is 12.6. The summed E-state index contributed by atoms with van der Waals surface area (Å²) in [5.74, 6) is 3.39. The normalized spacial score (nSPS) is 40.8. The molecule has 3 fully saturated rings. The Morgan fingerprint density at radius 1 is 1.30 bits per heavy atom. The summed E-state index contributed by atoms with van der Waals surface area (Å²) in [6.07, 6.45) is 5.86. The van der Waals surface area contributed by atoms with Gasteiger partial charge in [-0.2, -0.15) is 0 Å². The summed E-state index contributed by atoms with van der Waals surface area (Å²) in [6, 6.07) is 0. The number of amidine groups is 1. The van der Waals surface area contributed by atoms with Crippen molar-refractivity contribution in [1.29, 1.82) is 0 Å². The predicted octanol–water partition coefficient (Wildman–Crippen LogP) is 1.76. The molecule has 0 aromatic rings.